The van der Waals surface area contributed by atoms with E-state index >= 15 is 0 Å². The number of hydrogen-bond donors (Lipinski definition) is 0. The Morgan fingerprint density at radius 3 is 1.83 bits per heavy atom. The van der Waals surface area contributed by atoms with Gasteiger partial charge in [0.2, 0.25) is 0 Å². The lowest BCUT2D eigenvalue weighted by Gasteiger charge is -2.20. The molecule has 0 aliphatic heterocycles. The van der Waals surface area contributed by atoms with E-state index < -0.39 is 17.6 Å². The summed E-state index contributed by atoms with van der Waals surface area (Å²) in [7, 11) is 1.47. The molecule has 0 amide bonds. The first-order valence-corrected chi connectivity index (χ1v) is 8.75. The van der Waals surface area contributed by atoms with E-state index in [9.17, 15) is 17.6 Å². The summed E-state index contributed by atoms with van der Waals surface area (Å²) in [4.78, 5) is 0. The van der Waals surface area contributed by atoms with Crippen molar-refractivity contribution >= 4 is 11.1 Å². The zero-order valence-corrected chi connectivity index (χ0v) is 15.5. The van der Waals surface area contributed by atoms with E-state index in [-0.39, 0.29) is 23.5 Å². The van der Waals surface area contributed by atoms with Crippen LogP contribution < -0.4 is 4.74 Å². The van der Waals surface area contributed by atoms with Crippen LogP contribution in [0.4, 0.5) is 17.6 Å². The lowest BCUT2D eigenvalue weighted by Crippen LogP contribution is -2.14. The molecule has 0 spiro atoms. The van der Waals surface area contributed by atoms with Crippen molar-refractivity contribution in [1.82, 2.24) is 0 Å². The summed E-state index contributed by atoms with van der Waals surface area (Å²) in [6.07, 6.45) is -4.63. The van der Waals surface area contributed by atoms with Gasteiger partial charge in [-0.2, -0.15) is 13.2 Å². The summed E-state index contributed by atoms with van der Waals surface area (Å²) < 4.78 is 66.1. The predicted molar refractivity (Wildman–Crippen MR) is 104 cm³/mol. The fourth-order valence-electron chi connectivity index (χ4n) is 2.97. The molecule has 0 aromatic heterocycles. The van der Waals surface area contributed by atoms with Crippen LogP contribution in [0.3, 0.4) is 0 Å². The van der Waals surface area contributed by atoms with Gasteiger partial charge in [-0.25, -0.2) is 4.39 Å². The van der Waals surface area contributed by atoms with Crippen molar-refractivity contribution in [2.75, 3.05) is 13.9 Å². The van der Waals surface area contributed by atoms with Crippen LogP contribution in [0.1, 0.15) is 16.7 Å². The molecule has 6 heteroatoms. The molecule has 150 valence electrons. The van der Waals surface area contributed by atoms with Gasteiger partial charge in [0.1, 0.15) is 11.6 Å². The van der Waals surface area contributed by atoms with Crippen LogP contribution in [0.25, 0.3) is 11.1 Å². The Balaban J connectivity index is 2.24. The quantitative estimate of drug-likeness (QED) is 0.273. The maximum absolute atomic E-state index is 14.2. The minimum absolute atomic E-state index is 0.0256. The van der Waals surface area contributed by atoms with Gasteiger partial charge in [-0.3, -0.25) is 0 Å². The summed E-state index contributed by atoms with van der Waals surface area (Å²) in [6, 6.07) is 18.7. The highest BCUT2D eigenvalue weighted by molar-refractivity contribution is 6.00. The van der Waals surface area contributed by atoms with Crippen molar-refractivity contribution in [3.05, 3.63) is 101 Å². The number of halogens is 4. The fraction of sp³-hybridized carbons (Fsp3) is 0.130. The molecule has 0 fully saturated rings. The Hall–Kier alpha value is -3.12. The molecule has 0 atom stereocenters. The molecule has 0 unspecified atom stereocenters. The molecule has 29 heavy (non-hydrogen) atoms. The largest absolute Gasteiger partial charge is 0.468 e. The smallest absolute Gasteiger partial charge is 0.417 e. The van der Waals surface area contributed by atoms with E-state index in [1.807, 2.05) is 0 Å². The number of benzene rings is 3. The third-order valence-electron chi connectivity index (χ3n) is 4.22. The van der Waals surface area contributed by atoms with Crippen LogP contribution >= 0.6 is 0 Å². The highest BCUT2D eigenvalue weighted by Gasteiger charge is 2.38. The van der Waals surface area contributed by atoms with Gasteiger partial charge < -0.3 is 9.47 Å². The second kappa shape index (κ2) is 8.92. The fourth-order valence-corrected chi connectivity index (χ4v) is 2.97. The average Bonchev–Trinajstić information content (AvgIpc) is 2.71. The third-order valence-corrected chi connectivity index (χ3v) is 4.22. The number of allylic oxidation sites excluding steroid dienone is 1. The van der Waals surface area contributed by atoms with Crippen molar-refractivity contribution in [2.45, 2.75) is 6.18 Å². The van der Waals surface area contributed by atoms with Gasteiger partial charge >= 0.3 is 6.18 Å². The lowest BCUT2D eigenvalue weighted by atomic mass is 9.89. The van der Waals surface area contributed by atoms with Gasteiger partial charge in [-0.15, -0.1) is 0 Å². The third kappa shape index (κ3) is 5.03. The summed E-state index contributed by atoms with van der Waals surface area (Å²) in [6.45, 7) is 0.0256. The molecule has 0 bridgehead atoms. The first kappa shape index (κ1) is 20.6. The lowest BCUT2D eigenvalue weighted by molar-refractivity contribution is -0.0685. The Labute approximate surface area is 166 Å². The van der Waals surface area contributed by atoms with Crippen LogP contribution in [0.15, 0.2) is 78.9 Å². The first-order chi connectivity index (χ1) is 13.9. The standard InChI is InChI=1S/C23H18F4O2/c1-28-15-29-20-13-9-17(10-14-20)21(16-7-11-19(24)12-8-16)22(23(25,26)27)18-5-3-2-4-6-18/h2-14H,15H2,1H3/b22-21+. The van der Waals surface area contributed by atoms with Gasteiger partial charge in [0.05, 0.1) is 5.57 Å². The minimum atomic E-state index is -4.63. The van der Waals surface area contributed by atoms with E-state index in [1.54, 1.807) is 42.5 Å². The molecular weight excluding hydrogens is 384 g/mol. The van der Waals surface area contributed by atoms with Crippen molar-refractivity contribution in [2.24, 2.45) is 0 Å². The van der Waals surface area contributed by atoms with Crippen molar-refractivity contribution in [3.8, 4) is 5.75 Å². The summed E-state index contributed by atoms with van der Waals surface area (Å²) >= 11 is 0. The van der Waals surface area contributed by atoms with Crippen molar-refractivity contribution in [3.63, 3.8) is 0 Å². The Bertz CT molecular complexity index is 961. The molecule has 3 aromatic carbocycles. The molecule has 0 saturated heterocycles. The number of ether oxygens (including phenoxy) is 2. The second-order valence-electron chi connectivity index (χ2n) is 6.20. The second-order valence-corrected chi connectivity index (χ2v) is 6.20. The molecule has 0 N–H and O–H groups in total. The maximum Gasteiger partial charge on any atom is 0.417 e. The molecular formula is C23H18F4O2. The van der Waals surface area contributed by atoms with Crippen LogP contribution in [0, 0.1) is 5.82 Å². The van der Waals surface area contributed by atoms with E-state index in [2.05, 4.69) is 0 Å². The number of hydrogen-bond acceptors (Lipinski definition) is 2. The maximum atomic E-state index is 14.2. The SMILES string of the molecule is COCOc1ccc(/C(=C(\c2ccccc2)C(F)(F)F)c2ccc(F)cc2)cc1. The molecule has 0 aliphatic carbocycles. The van der Waals surface area contributed by atoms with E-state index in [0.29, 0.717) is 11.3 Å². The summed E-state index contributed by atoms with van der Waals surface area (Å²) in [5, 5.41) is 0. The Morgan fingerprint density at radius 1 is 0.759 bits per heavy atom. The van der Waals surface area contributed by atoms with Gasteiger partial charge in [-0.1, -0.05) is 54.6 Å². The first-order valence-electron chi connectivity index (χ1n) is 8.75. The van der Waals surface area contributed by atoms with Gasteiger partial charge in [-0.05, 0) is 41.0 Å². The van der Waals surface area contributed by atoms with E-state index in [1.165, 1.54) is 31.4 Å². The number of alkyl halides is 3. The summed E-state index contributed by atoms with van der Waals surface area (Å²) in [5.41, 5.74) is -0.220. The van der Waals surface area contributed by atoms with Gasteiger partial charge in [0.15, 0.2) is 6.79 Å². The highest BCUT2D eigenvalue weighted by atomic mass is 19.4. The van der Waals surface area contributed by atoms with Crippen LogP contribution in [0.5, 0.6) is 5.75 Å². The molecule has 0 saturated carbocycles. The number of rotatable bonds is 6. The molecule has 0 heterocycles. The normalized spacial score (nSPS) is 12.4. The topological polar surface area (TPSA) is 18.5 Å². The van der Waals surface area contributed by atoms with E-state index in [0.717, 1.165) is 12.1 Å². The van der Waals surface area contributed by atoms with Crippen LogP contribution in [-0.4, -0.2) is 20.1 Å². The molecule has 0 radical (unpaired) electrons. The predicted octanol–water partition coefficient (Wildman–Crippen LogP) is 6.33. The van der Waals surface area contributed by atoms with Crippen molar-refractivity contribution < 1.29 is 27.0 Å². The van der Waals surface area contributed by atoms with Gasteiger partial charge in [0.25, 0.3) is 0 Å². The molecule has 0 aliphatic rings. The summed E-state index contributed by atoms with van der Waals surface area (Å²) in [5.74, 6) is -0.0630. The van der Waals surface area contributed by atoms with E-state index in [4.69, 9.17) is 9.47 Å². The van der Waals surface area contributed by atoms with Gasteiger partial charge in [0, 0.05) is 12.7 Å². The molecule has 3 rings (SSSR count). The molecule has 2 nitrogen and oxygen atoms in total. The monoisotopic (exact) mass is 402 g/mol. The van der Waals surface area contributed by atoms with Crippen LogP contribution in [0.2, 0.25) is 0 Å². The van der Waals surface area contributed by atoms with Crippen LogP contribution in [-0.2, 0) is 4.74 Å². The number of methoxy groups -OCH3 is 1. The zero-order chi connectivity index (χ0) is 20.9. The zero-order valence-electron chi connectivity index (χ0n) is 15.5. The minimum Gasteiger partial charge on any atom is -0.468 e. The van der Waals surface area contributed by atoms with Crippen molar-refractivity contribution in [1.29, 1.82) is 0 Å². The Kier molecular flexibility index (Phi) is 6.34. The highest BCUT2D eigenvalue weighted by Crippen LogP contribution is 2.42. The Morgan fingerprint density at radius 2 is 1.31 bits per heavy atom. The molecule has 3 aromatic rings. The average molecular weight is 402 g/mol.